The molecule has 3 rings (SSSR count). The zero-order valence-corrected chi connectivity index (χ0v) is 14.1. The van der Waals surface area contributed by atoms with E-state index < -0.39 is 0 Å². The summed E-state index contributed by atoms with van der Waals surface area (Å²) in [7, 11) is 0. The molecule has 6 nitrogen and oxygen atoms in total. The fourth-order valence-corrected chi connectivity index (χ4v) is 2.43. The van der Waals surface area contributed by atoms with Gasteiger partial charge in [0.15, 0.2) is 0 Å². The number of carbonyl (C=O) groups excluding carboxylic acids is 1. The lowest BCUT2D eigenvalue weighted by Crippen LogP contribution is -2.49. The second-order valence-corrected chi connectivity index (χ2v) is 4.93. The summed E-state index contributed by atoms with van der Waals surface area (Å²) in [6, 6.07) is 7.50. The third-order valence-electron chi connectivity index (χ3n) is 3.63. The minimum absolute atomic E-state index is 0. The largest absolute Gasteiger partial charge is 0.398 e. The second-order valence-electron chi connectivity index (χ2n) is 4.93. The van der Waals surface area contributed by atoms with E-state index in [0.717, 1.165) is 18.9 Å². The summed E-state index contributed by atoms with van der Waals surface area (Å²) in [6.07, 6.45) is 4.90. The summed E-state index contributed by atoms with van der Waals surface area (Å²) in [5, 5.41) is 0. The van der Waals surface area contributed by atoms with Crippen LogP contribution in [-0.2, 0) is 0 Å². The molecule has 23 heavy (non-hydrogen) atoms. The van der Waals surface area contributed by atoms with Crippen molar-refractivity contribution in [2.24, 2.45) is 0 Å². The zero-order valence-electron chi connectivity index (χ0n) is 12.5. The van der Waals surface area contributed by atoms with E-state index in [9.17, 15) is 4.79 Å². The Morgan fingerprint density at radius 3 is 2.39 bits per heavy atom. The number of amides is 1. The molecule has 3 heterocycles. The number of piperazine rings is 1. The standard InChI is InChI=1S/C15H17N5O.2ClH/c16-13-4-6-17-11-12(13)15(21)20-9-7-19(8-10-20)14-3-1-2-5-18-14;;/h1-6,11H,7-10H2,(H2,16,17);2*1H. The SMILES string of the molecule is Cl.Cl.Nc1ccncc1C(=O)N1CCN(c2ccccn2)CC1. The average Bonchev–Trinajstić information content (AvgIpc) is 2.56. The number of nitrogen functional groups attached to an aromatic ring is 1. The van der Waals surface area contributed by atoms with Crippen molar-refractivity contribution < 1.29 is 4.79 Å². The molecule has 0 aliphatic carbocycles. The number of pyridine rings is 2. The number of hydrogen-bond acceptors (Lipinski definition) is 5. The maximum absolute atomic E-state index is 12.4. The fourth-order valence-electron chi connectivity index (χ4n) is 2.43. The van der Waals surface area contributed by atoms with E-state index in [1.54, 1.807) is 18.5 Å². The smallest absolute Gasteiger partial charge is 0.257 e. The molecule has 1 aliphatic rings. The lowest BCUT2D eigenvalue weighted by molar-refractivity contribution is 0.0747. The van der Waals surface area contributed by atoms with Crippen LogP contribution >= 0.6 is 24.8 Å². The second kappa shape index (κ2) is 8.55. The van der Waals surface area contributed by atoms with E-state index in [4.69, 9.17) is 5.73 Å². The van der Waals surface area contributed by atoms with Gasteiger partial charge < -0.3 is 15.5 Å². The van der Waals surface area contributed by atoms with E-state index in [-0.39, 0.29) is 30.7 Å². The molecule has 8 heteroatoms. The molecule has 0 atom stereocenters. The molecule has 1 aliphatic heterocycles. The first-order valence-electron chi connectivity index (χ1n) is 6.90. The first kappa shape index (κ1) is 19.0. The van der Waals surface area contributed by atoms with Crippen LogP contribution in [0.2, 0.25) is 0 Å². The summed E-state index contributed by atoms with van der Waals surface area (Å²) < 4.78 is 0. The number of rotatable bonds is 2. The molecular weight excluding hydrogens is 337 g/mol. The number of hydrogen-bond donors (Lipinski definition) is 1. The van der Waals surface area contributed by atoms with Crippen LogP contribution < -0.4 is 10.6 Å². The molecule has 2 N–H and O–H groups in total. The number of aromatic nitrogens is 2. The average molecular weight is 356 g/mol. The molecule has 0 unspecified atom stereocenters. The Hall–Kier alpha value is -2.05. The first-order chi connectivity index (χ1) is 10.3. The Morgan fingerprint density at radius 1 is 1.04 bits per heavy atom. The highest BCUT2D eigenvalue weighted by Gasteiger charge is 2.23. The minimum atomic E-state index is -0.0544. The molecule has 0 aromatic carbocycles. The van der Waals surface area contributed by atoms with Crippen LogP contribution in [-0.4, -0.2) is 47.0 Å². The van der Waals surface area contributed by atoms with Gasteiger partial charge in [0.25, 0.3) is 5.91 Å². The molecule has 2 aromatic rings. The highest BCUT2D eigenvalue weighted by atomic mass is 35.5. The molecule has 124 valence electrons. The lowest BCUT2D eigenvalue weighted by Gasteiger charge is -2.35. The minimum Gasteiger partial charge on any atom is -0.398 e. The van der Waals surface area contributed by atoms with Crippen molar-refractivity contribution in [1.82, 2.24) is 14.9 Å². The van der Waals surface area contributed by atoms with Gasteiger partial charge in [0.2, 0.25) is 0 Å². The molecule has 1 saturated heterocycles. The van der Waals surface area contributed by atoms with Crippen LogP contribution in [0.4, 0.5) is 11.5 Å². The molecule has 0 bridgehead atoms. The van der Waals surface area contributed by atoms with Crippen molar-refractivity contribution >= 4 is 42.2 Å². The maximum Gasteiger partial charge on any atom is 0.257 e. The molecular formula is C15H19Cl2N5O. The van der Waals surface area contributed by atoms with Gasteiger partial charge in [-0.1, -0.05) is 6.07 Å². The summed E-state index contributed by atoms with van der Waals surface area (Å²) in [5.74, 6) is 0.895. The van der Waals surface area contributed by atoms with Gasteiger partial charge in [-0.15, -0.1) is 24.8 Å². The topological polar surface area (TPSA) is 75.3 Å². The van der Waals surface area contributed by atoms with Crippen LogP contribution in [0, 0.1) is 0 Å². The van der Waals surface area contributed by atoms with Gasteiger partial charge in [-0.2, -0.15) is 0 Å². The third-order valence-corrected chi connectivity index (χ3v) is 3.63. The van der Waals surface area contributed by atoms with Gasteiger partial charge in [-0.05, 0) is 18.2 Å². The summed E-state index contributed by atoms with van der Waals surface area (Å²) in [4.78, 5) is 24.7. The molecule has 1 amide bonds. The van der Waals surface area contributed by atoms with Crippen molar-refractivity contribution in [3.05, 3.63) is 48.4 Å². The quantitative estimate of drug-likeness (QED) is 0.889. The van der Waals surface area contributed by atoms with Crippen molar-refractivity contribution in [2.75, 3.05) is 36.8 Å². The fraction of sp³-hybridized carbons (Fsp3) is 0.267. The molecule has 1 fully saturated rings. The van der Waals surface area contributed by atoms with E-state index in [1.165, 1.54) is 6.20 Å². The van der Waals surface area contributed by atoms with Crippen LogP contribution in [0.3, 0.4) is 0 Å². The zero-order chi connectivity index (χ0) is 14.7. The van der Waals surface area contributed by atoms with Gasteiger partial charge in [-0.3, -0.25) is 9.78 Å². The number of nitrogens with zero attached hydrogens (tertiary/aromatic N) is 4. The normalized spacial score (nSPS) is 13.7. The summed E-state index contributed by atoms with van der Waals surface area (Å²) in [5.41, 5.74) is 6.79. The third kappa shape index (κ3) is 4.24. The van der Waals surface area contributed by atoms with Crippen LogP contribution in [0.1, 0.15) is 10.4 Å². The van der Waals surface area contributed by atoms with Crippen molar-refractivity contribution in [3.8, 4) is 0 Å². The van der Waals surface area contributed by atoms with E-state index in [0.29, 0.717) is 24.3 Å². The highest BCUT2D eigenvalue weighted by molar-refractivity contribution is 5.98. The predicted octanol–water partition coefficient (Wildman–Crippen LogP) is 1.86. The number of halogens is 2. The van der Waals surface area contributed by atoms with Gasteiger partial charge in [0.05, 0.1) is 5.56 Å². The van der Waals surface area contributed by atoms with Crippen molar-refractivity contribution in [3.63, 3.8) is 0 Å². The van der Waals surface area contributed by atoms with Crippen LogP contribution in [0.5, 0.6) is 0 Å². The van der Waals surface area contributed by atoms with Crippen LogP contribution in [0.15, 0.2) is 42.9 Å². The Bertz CT molecular complexity index is 633. The van der Waals surface area contributed by atoms with Crippen molar-refractivity contribution in [2.45, 2.75) is 0 Å². The summed E-state index contributed by atoms with van der Waals surface area (Å²) in [6.45, 7) is 2.85. The Kier molecular flexibility index (Phi) is 7.06. The monoisotopic (exact) mass is 355 g/mol. The predicted molar refractivity (Wildman–Crippen MR) is 95.5 cm³/mol. The summed E-state index contributed by atoms with van der Waals surface area (Å²) >= 11 is 0. The Morgan fingerprint density at radius 2 is 1.78 bits per heavy atom. The van der Waals surface area contributed by atoms with Crippen molar-refractivity contribution in [1.29, 1.82) is 0 Å². The van der Waals surface area contributed by atoms with E-state index >= 15 is 0 Å². The highest BCUT2D eigenvalue weighted by Crippen LogP contribution is 2.16. The van der Waals surface area contributed by atoms with Gasteiger partial charge >= 0.3 is 0 Å². The molecule has 0 saturated carbocycles. The van der Waals surface area contributed by atoms with Gasteiger partial charge in [-0.25, -0.2) is 4.98 Å². The maximum atomic E-state index is 12.4. The Labute approximate surface area is 147 Å². The van der Waals surface area contributed by atoms with Gasteiger partial charge in [0.1, 0.15) is 5.82 Å². The van der Waals surface area contributed by atoms with E-state index in [2.05, 4.69) is 14.9 Å². The molecule has 0 spiro atoms. The molecule has 0 radical (unpaired) electrons. The number of carbonyl (C=O) groups is 1. The number of anilines is 2. The first-order valence-corrected chi connectivity index (χ1v) is 6.90. The van der Waals surface area contributed by atoms with Gasteiger partial charge in [0, 0.05) is 50.5 Å². The lowest BCUT2D eigenvalue weighted by atomic mass is 10.2. The Balaban J connectivity index is 0.00000132. The molecule has 2 aromatic heterocycles. The number of nitrogens with two attached hydrogens (primary N) is 1. The van der Waals surface area contributed by atoms with E-state index in [1.807, 2.05) is 23.1 Å². The van der Waals surface area contributed by atoms with Crippen LogP contribution in [0.25, 0.3) is 0 Å².